The number of benzene rings is 2. The molecular weight excluding hydrogens is 300 g/mol. The molecule has 0 bridgehead atoms. The van der Waals surface area contributed by atoms with Gasteiger partial charge in [-0.15, -0.1) is 0 Å². The Hall–Kier alpha value is -2.33. The van der Waals surface area contributed by atoms with Crippen LogP contribution in [0.5, 0.6) is 0 Å². The van der Waals surface area contributed by atoms with Crippen LogP contribution in [0.2, 0.25) is 0 Å². The highest BCUT2D eigenvalue weighted by Crippen LogP contribution is 2.44. The van der Waals surface area contributed by atoms with E-state index in [9.17, 15) is 4.79 Å². The minimum absolute atomic E-state index is 0.127. The molecule has 1 saturated heterocycles. The highest BCUT2D eigenvalue weighted by molar-refractivity contribution is 5.79. The Morgan fingerprint density at radius 3 is 2.38 bits per heavy atom. The van der Waals surface area contributed by atoms with E-state index in [-0.39, 0.29) is 12.0 Å². The van der Waals surface area contributed by atoms with E-state index in [1.807, 2.05) is 0 Å². The van der Waals surface area contributed by atoms with E-state index in [0.29, 0.717) is 25.7 Å². The van der Waals surface area contributed by atoms with Crippen molar-refractivity contribution in [2.75, 3.05) is 26.2 Å². The number of carbonyl (C=O) groups is 1. The summed E-state index contributed by atoms with van der Waals surface area (Å²) >= 11 is 0. The quantitative estimate of drug-likeness (QED) is 0.923. The fourth-order valence-electron chi connectivity index (χ4n) is 3.78. The van der Waals surface area contributed by atoms with Gasteiger partial charge >= 0.3 is 6.09 Å². The molecule has 0 spiro atoms. The van der Waals surface area contributed by atoms with Crippen LogP contribution < -0.4 is 5.32 Å². The van der Waals surface area contributed by atoms with Crippen LogP contribution in [0.3, 0.4) is 0 Å². The topological polar surface area (TPSA) is 41.6 Å². The largest absolute Gasteiger partial charge is 0.448 e. The second-order valence-corrected chi connectivity index (χ2v) is 6.61. The predicted octanol–water partition coefficient (Wildman–Crippen LogP) is 3.23. The Morgan fingerprint density at radius 2 is 1.75 bits per heavy atom. The highest BCUT2D eigenvalue weighted by atomic mass is 16.6. The van der Waals surface area contributed by atoms with Crippen LogP contribution >= 0.6 is 0 Å². The molecule has 0 aromatic heterocycles. The van der Waals surface area contributed by atoms with Gasteiger partial charge in [0.05, 0.1) is 0 Å². The summed E-state index contributed by atoms with van der Waals surface area (Å²) in [5.41, 5.74) is 5.01. The third kappa shape index (κ3) is 2.67. The number of amides is 1. The van der Waals surface area contributed by atoms with Crippen molar-refractivity contribution in [2.45, 2.75) is 18.9 Å². The van der Waals surface area contributed by atoms with Crippen LogP contribution in [-0.4, -0.2) is 43.3 Å². The molecule has 2 aliphatic rings. The van der Waals surface area contributed by atoms with E-state index in [4.69, 9.17) is 4.74 Å². The molecule has 2 aromatic carbocycles. The first-order chi connectivity index (χ1) is 11.7. The maximum Gasteiger partial charge on any atom is 0.409 e. The number of hydrogen-bond donors (Lipinski definition) is 1. The summed E-state index contributed by atoms with van der Waals surface area (Å²) in [5.74, 6) is 0.127. The van der Waals surface area contributed by atoms with Crippen molar-refractivity contribution >= 4 is 6.09 Å². The van der Waals surface area contributed by atoms with Gasteiger partial charge in [0.2, 0.25) is 0 Å². The fraction of sp³-hybridized carbons (Fsp3) is 0.350. The van der Waals surface area contributed by atoms with Gasteiger partial charge in [0.15, 0.2) is 0 Å². The lowest BCUT2D eigenvalue weighted by molar-refractivity contribution is 0.0896. The van der Waals surface area contributed by atoms with E-state index in [1.165, 1.54) is 22.3 Å². The molecule has 1 amide bonds. The zero-order chi connectivity index (χ0) is 16.5. The van der Waals surface area contributed by atoms with E-state index < -0.39 is 0 Å². The second kappa shape index (κ2) is 6.29. The number of fused-ring (bicyclic) bond motifs is 3. The number of piperazine rings is 1. The summed E-state index contributed by atoms with van der Waals surface area (Å²) in [7, 11) is 0. The Morgan fingerprint density at radius 1 is 1.12 bits per heavy atom. The van der Waals surface area contributed by atoms with Gasteiger partial charge in [-0.05, 0) is 29.2 Å². The average Bonchev–Trinajstić information content (AvgIpc) is 2.94. The predicted molar refractivity (Wildman–Crippen MR) is 94.1 cm³/mol. The molecule has 4 heteroatoms. The molecule has 1 aliphatic heterocycles. The zero-order valence-electron chi connectivity index (χ0n) is 13.9. The zero-order valence-corrected chi connectivity index (χ0v) is 13.9. The molecule has 4 nitrogen and oxygen atoms in total. The van der Waals surface area contributed by atoms with Crippen LogP contribution in [-0.2, 0) is 4.74 Å². The third-order valence-electron chi connectivity index (χ3n) is 4.96. The molecule has 0 unspecified atom stereocenters. The normalized spacial score (nSPS) is 19.7. The van der Waals surface area contributed by atoms with Gasteiger partial charge in [-0.2, -0.15) is 0 Å². The summed E-state index contributed by atoms with van der Waals surface area (Å²) < 4.78 is 5.69. The average molecular weight is 322 g/mol. The van der Waals surface area contributed by atoms with Crippen molar-refractivity contribution in [1.82, 2.24) is 10.2 Å². The van der Waals surface area contributed by atoms with Crippen molar-refractivity contribution in [3.05, 3.63) is 59.7 Å². The molecule has 0 radical (unpaired) electrons. The van der Waals surface area contributed by atoms with E-state index in [0.717, 1.165) is 6.54 Å². The summed E-state index contributed by atoms with van der Waals surface area (Å²) in [6.45, 7) is 4.72. The lowest BCUT2D eigenvalue weighted by Crippen LogP contribution is -2.51. The first-order valence-corrected chi connectivity index (χ1v) is 8.57. The van der Waals surface area contributed by atoms with Crippen LogP contribution in [0.4, 0.5) is 4.79 Å². The van der Waals surface area contributed by atoms with E-state index >= 15 is 0 Å². The maximum atomic E-state index is 12.4. The second-order valence-electron chi connectivity index (χ2n) is 6.61. The summed E-state index contributed by atoms with van der Waals surface area (Å²) in [6, 6.07) is 17.1. The van der Waals surface area contributed by atoms with Gasteiger partial charge in [-0.3, -0.25) is 0 Å². The Labute approximate surface area is 142 Å². The van der Waals surface area contributed by atoms with Crippen molar-refractivity contribution in [3.8, 4) is 11.1 Å². The van der Waals surface area contributed by atoms with Crippen molar-refractivity contribution in [1.29, 1.82) is 0 Å². The van der Waals surface area contributed by atoms with Gasteiger partial charge in [-0.25, -0.2) is 4.79 Å². The first kappa shape index (κ1) is 15.2. The Balaban J connectivity index is 1.51. The van der Waals surface area contributed by atoms with Crippen molar-refractivity contribution in [2.24, 2.45) is 0 Å². The molecule has 1 atom stereocenters. The fourth-order valence-corrected chi connectivity index (χ4v) is 3.78. The summed E-state index contributed by atoms with van der Waals surface area (Å²) in [6.07, 6.45) is -0.204. The summed E-state index contributed by atoms with van der Waals surface area (Å²) in [5, 5.41) is 3.34. The number of ether oxygens (including phenoxy) is 1. The third-order valence-corrected chi connectivity index (χ3v) is 4.96. The molecule has 4 rings (SSSR count). The highest BCUT2D eigenvalue weighted by Gasteiger charge is 2.30. The molecule has 24 heavy (non-hydrogen) atoms. The Kier molecular flexibility index (Phi) is 3.98. The molecule has 1 aliphatic carbocycles. The first-order valence-electron chi connectivity index (χ1n) is 8.57. The standard InChI is InChI=1S/C20H22N2O2/c1-14-12-22(11-10-21-14)20(23)24-13-19-17-8-4-2-6-15(17)16-7-3-5-9-18(16)19/h2-9,14,19,21H,10-13H2,1H3/t14-/m0/s1. The molecule has 1 N–H and O–H groups in total. The lowest BCUT2D eigenvalue weighted by atomic mass is 9.98. The molecule has 0 saturated carbocycles. The van der Waals surface area contributed by atoms with Crippen LogP contribution in [0.25, 0.3) is 11.1 Å². The van der Waals surface area contributed by atoms with Gasteiger partial charge in [-0.1, -0.05) is 48.5 Å². The molecule has 2 aromatic rings. The lowest BCUT2D eigenvalue weighted by Gasteiger charge is -2.31. The van der Waals surface area contributed by atoms with Gasteiger partial charge in [0.1, 0.15) is 6.61 Å². The van der Waals surface area contributed by atoms with E-state index in [1.54, 1.807) is 4.90 Å². The van der Waals surface area contributed by atoms with Gasteiger partial charge in [0, 0.05) is 31.6 Å². The number of nitrogens with one attached hydrogen (secondary N) is 1. The van der Waals surface area contributed by atoms with Crippen molar-refractivity contribution in [3.63, 3.8) is 0 Å². The number of hydrogen-bond acceptors (Lipinski definition) is 3. The number of rotatable bonds is 2. The number of carbonyl (C=O) groups excluding carboxylic acids is 1. The SMILES string of the molecule is C[C@H]1CN(C(=O)OCC2c3ccccc3-c3ccccc32)CCN1. The van der Waals surface area contributed by atoms with Gasteiger partial charge < -0.3 is 15.0 Å². The summed E-state index contributed by atoms with van der Waals surface area (Å²) in [4.78, 5) is 14.2. The van der Waals surface area contributed by atoms with Crippen LogP contribution in [0, 0.1) is 0 Å². The van der Waals surface area contributed by atoms with Crippen LogP contribution in [0.1, 0.15) is 24.0 Å². The van der Waals surface area contributed by atoms with Gasteiger partial charge in [0.25, 0.3) is 0 Å². The van der Waals surface area contributed by atoms with Crippen molar-refractivity contribution < 1.29 is 9.53 Å². The monoisotopic (exact) mass is 322 g/mol. The molecule has 1 heterocycles. The molecular formula is C20H22N2O2. The Bertz CT molecular complexity index is 713. The van der Waals surface area contributed by atoms with Crippen LogP contribution in [0.15, 0.2) is 48.5 Å². The minimum Gasteiger partial charge on any atom is -0.448 e. The molecule has 124 valence electrons. The van der Waals surface area contributed by atoms with E-state index in [2.05, 4.69) is 60.8 Å². The maximum absolute atomic E-state index is 12.4. The smallest absolute Gasteiger partial charge is 0.409 e. The number of nitrogens with zero attached hydrogens (tertiary/aromatic N) is 1. The molecule has 1 fully saturated rings. The minimum atomic E-state index is -0.204.